The summed E-state index contributed by atoms with van der Waals surface area (Å²) in [6.45, 7) is 0. The third-order valence-corrected chi connectivity index (χ3v) is 5.28. The summed E-state index contributed by atoms with van der Waals surface area (Å²) in [4.78, 5) is 18.9. The van der Waals surface area contributed by atoms with E-state index in [1.807, 2.05) is 42.6 Å². The van der Waals surface area contributed by atoms with E-state index >= 15 is 0 Å². The van der Waals surface area contributed by atoms with Gasteiger partial charge in [0.25, 0.3) is 0 Å². The quantitative estimate of drug-likeness (QED) is 0.593. The first-order valence-corrected chi connectivity index (χ1v) is 10.1. The minimum absolute atomic E-state index is 0.0554. The first-order valence-electron chi connectivity index (χ1n) is 9.24. The van der Waals surface area contributed by atoms with Crippen molar-refractivity contribution in [2.24, 2.45) is 0 Å². The highest BCUT2D eigenvalue weighted by Gasteiger charge is 2.13. The van der Waals surface area contributed by atoms with Crippen LogP contribution in [0, 0.1) is 0 Å². The van der Waals surface area contributed by atoms with Crippen molar-refractivity contribution in [3.05, 3.63) is 53.4 Å². The molecule has 0 radical (unpaired) electrons. The number of carbonyl (C=O) groups excluding carboxylic acids is 1. The number of hydrogen-bond acceptors (Lipinski definition) is 6. The molecule has 2 aromatic carbocycles. The molecule has 1 amide bonds. The summed E-state index contributed by atoms with van der Waals surface area (Å²) in [7, 11) is 7.25. The highest BCUT2D eigenvalue weighted by Crippen LogP contribution is 2.35. The third-order valence-electron chi connectivity index (χ3n) is 4.53. The summed E-state index contributed by atoms with van der Waals surface area (Å²) in [5.74, 6) is 1.37. The van der Waals surface area contributed by atoms with E-state index in [0.29, 0.717) is 23.7 Å². The van der Waals surface area contributed by atoms with Crippen molar-refractivity contribution in [3.63, 3.8) is 0 Å². The van der Waals surface area contributed by atoms with Gasteiger partial charge in [0.15, 0.2) is 5.13 Å². The molecule has 0 fully saturated rings. The number of methoxy groups -OCH3 is 2. The number of nitrogens with one attached hydrogen (secondary N) is 1. The van der Waals surface area contributed by atoms with Crippen molar-refractivity contribution in [2.75, 3.05) is 38.5 Å². The molecule has 1 heterocycles. The van der Waals surface area contributed by atoms with E-state index in [1.54, 1.807) is 14.2 Å². The van der Waals surface area contributed by atoms with Gasteiger partial charge < -0.3 is 19.7 Å². The molecule has 0 spiro atoms. The van der Waals surface area contributed by atoms with Crippen LogP contribution in [0.4, 0.5) is 10.8 Å². The first-order chi connectivity index (χ1) is 14.0. The van der Waals surface area contributed by atoms with Gasteiger partial charge in [-0.1, -0.05) is 12.1 Å². The van der Waals surface area contributed by atoms with E-state index in [4.69, 9.17) is 9.47 Å². The van der Waals surface area contributed by atoms with Gasteiger partial charge in [-0.15, -0.1) is 11.3 Å². The van der Waals surface area contributed by atoms with Gasteiger partial charge in [0.2, 0.25) is 5.91 Å². The largest absolute Gasteiger partial charge is 0.497 e. The minimum Gasteiger partial charge on any atom is -0.497 e. The lowest BCUT2D eigenvalue weighted by atomic mass is 10.1. The zero-order valence-electron chi connectivity index (χ0n) is 17.1. The van der Waals surface area contributed by atoms with Crippen LogP contribution in [0.1, 0.15) is 12.0 Å². The van der Waals surface area contributed by atoms with Crippen LogP contribution in [0.2, 0.25) is 0 Å². The Bertz CT molecular complexity index is 968. The van der Waals surface area contributed by atoms with E-state index in [1.165, 1.54) is 11.3 Å². The summed E-state index contributed by atoms with van der Waals surface area (Å²) in [6, 6.07) is 13.8. The van der Waals surface area contributed by atoms with Gasteiger partial charge in [-0.05, 0) is 42.3 Å². The van der Waals surface area contributed by atoms with Crippen LogP contribution in [-0.2, 0) is 11.2 Å². The molecule has 3 aromatic rings. The van der Waals surface area contributed by atoms with Crippen molar-refractivity contribution >= 4 is 28.1 Å². The molecule has 0 aliphatic heterocycles. The van der Waals surface area contributed by atoms with E-state index in [9.17, 15) is 4.79 Å². The maximum absolute atomic E-state index is 12.3. The summed E-state index contributed by atoms with van der Waals surface area (Å²) < 4.78 is 10.7. The molecule has 0 unspecified atom stereocenters. The molecule has 0 aliphatic rings. The molecule has 0 bridgehead atoms. The Morgan fingerprint density at radius 3 is 2.52 bits per heavy atom. The maximum Gasteiger partial charge on any atom is 0.226 e. The number of thiazole rings is 1. The maximum atomic E-state index is 12.3. The second-order valence-electron chi connectivity index (χ2n) is 6.71. The number of aryl methyl sites for hydroxylation is 1. The molecule has 7 heteroatoms. The predicted octanol–water partition coefficient (Wildman–Crippen LogP) is 4.46. The lowest BCUT2D eigenvalue weighted by Gasteiger charge is -2.12. The Morgan fingerprint density at radius 2 is 1.86 bits per heavy atom. The number of ether oxygens (including phenoxy) is 2. The number of nitrogens with zero attached hydrogens (tertiary/aromatic N) is 2. The van der Waals surface area contributed by atoms with Crippen molar-refractivity contribution in [1.82, 2.24) is 4.98 Å². The summed E-state index contributed by atoms with van der Waals surface area (Å²) in [5.41, 5.74) is 3.83. The topological polar surface area (TPSA) is 63.7 Å². The van der Waals surface area contributed by atoms with Crippen LogP contribution < -0.4 is 19.7 Å². The van der Waals surface area contributed by atoms with Crippen molar-refractivity contribution in [1.29, 1.82) is 0 Å². The monoisotopic (exact) mass is 411 g/mol. The molecule has 1 aromatic heterocycles. The molecule has 0 saturated carbocycles. The number of rotatable bonds is 8. The van der Waals surface area contributed by atoms with Crippen LogP contribution in [-0.4, -0.2) is 39.2 Å². The molecule has 0 atom stereocenters. The molecular weight excluding hydrogens is 386 g/mol. The van der Waals surface area contributed by atoms with E-state index in [0.717, 1.165) is 28.3 Å². The van der Waals surface area contributed by atoms with Gasteiger partial charge in [0.1, 0.15) is 11.5 Å². The Morgan fingerprint density at radius 1 is 1.10 bits per heavy atom. The third kappa shape index (κ3) is 5.26. The molecule has 1 N–H and O–H groups in total. The standard InChI is InChI=1S/C22H25N3O3S/c1-25(2)16-8-5-15(6-9-16)7-12-21(26)24-22-23-19(14-29-22)18-13-17(27-3)10-11-20(18)28-4/h5-6,8-11,13-14H,7,12H2,1-4H3,(H,23,24,26). The molecule has 0 saturated heterocycles. The Labute approximate surface area is 175 Å². The van der Waals surface area contributed by atoms with Crippen LogP contribution in [0.5, 0.6) is 11.5 Å². The lowest BCUT2D eigenvalue weighted by molar-refractivity contribution is -0.116. The smallest absolute Gasteiger partial charge is 0.226 e. The van der Waals surface area contributed by atoms with Gasteiger partial charge in [-0.3, -0.25) is 4.79 Å². The second-order valence-corrected chi connectivity index (χ2v) is 7.57. The lowest BCUT2D eigenvalue weighted by Crippen LogP contribution is -2.12. The van der Waals surface area contributed by atoms with Crippen molar-refractivity contribution in [3.8, 4) is 22.8 Å². The van der Waals surface area contributed by atoms with Crippen molar-refractivity contribution in [2.45, 2.75) is 12.8 Å². The molecule has 0 aliphatic carbocycles. The summed E-state index contributed by atoms with van der Waals surface area (Å²) >= 11 is 1.39. The number of benzene rings is 2. The normalized spacial score (nSPS) is 10.5. The first kappa shape index (κ1) is 20.7. The van der Waals surface area contributed by atoms with E-state index in [-0.39, 0.29) is 5.91 Å². The van der Waals surface area contributed by atoms with Crippen molar-refractivity contribution < 1.29 is 14.3 Å². The van der Waals surface area contributed by atoms with Crippen LogP contribution in [0.3, 0.4) is 0 Å². The molecular formula is C22H25N3O3S. The Hall–Kier alpha value is -3.06. The Kier molecular flexibility index (Phi) is 6.72. The van der Waals surface area contributed by atoms with Gasteiger partial charge in [-0.2, -0.15) is 0 Å². The minimum atomic E-state index is -0.0554. The molecule has 29 heavy (non-hydrogen) atoms. The average Bonchev–Trinajstić information content (AvgIpc) is 3.20. The predicted molar refractivity (Wildman–Crippen MR) is 118 cm³/mol. The molecule has 3 rings (SSSR count). The number of hydrogen-bond donors (Lipinski definition) is 1. The Balaban J connectivity index is 1.62. The summed E-state index contributed by atoms with van der Waals surface area (Å²) in [5, 5.41) is 5.35. The fourth-order valence-electron chi connectivity index (χ4n) is 2.87. The highest BCUT2D eigenvalue weighted by atomic mass is 32.1. The number of aromatic nitrogens is 1. The van der Waals surface area contributed by atoms with Crippen LogP contribution in [0.25, 0.3) is 11.3 Å². The van der Waals surface area contributed by atoms with Crippen LogP contribution >= 0.6 is 11.3 Å². The zero-order chi connectivity index (χ0) is 20.8. The second kappa shape index (κ2) is 9.43. The highest BCUT2D eigenvalue weighted by molar-refractivity contribution is 7.14. The zero-order valence-corrected chi connectivity index (χ0v) is 17.9. The number of amides is 1. The van der Waals surface area contributed by atoms with Gasteiger partial charge in [0.05, 0.1) is 19.9 Å². The van der Waals surface area contributed by atoms with Gasteiger partial charge in [0, 0.05) is 37.1 Å². The van der Waals surface area contributed by atoms with Gasteiger partial charge >= 0.3 is 0 Å². The number of anilines is 2. The number of carbonyl (C=O) groups is 1. The SMILES string of the molecule is COc1ccc(OC)c(-c2csc(NC(=O)CCc3ccc(N(C)C)cc3)n2)c1. The van der Waals surface area contributed by atoms with E-state index in [2.05, 4.69) is 34.6 Å². The molecule has 6 nitrogen and oxygen atoms in total. The summed E-state index contributed by atoms with van der Waals surface area (Å²) in [6.07, 6.45) is 1.08. The van der Waals surface area contributed by atoms with Crippen LogP contribution in [0.15, 0.2) is 47.8 Å². The fraction of sp³-hybridized carbons (Fsp3) is 0.273. The molecule has 152 valence electrons. The van der Waals surface area contributed by atoms with E-state index < -0.39 is 0 Å². The average molecular weight is 412 g/mol. The fourth-order valence-corrected chi connectivity index (χ4v) is 3.60. The van der Waals surface area contributed by atoms with Gasteiger partial charge in [-0.25, -0.2) is 4.98 Å².